The first-order chi connectivity index (χ1) is 17.8. The second kappa shape index (κ2) is 10.4. The van der Waals surface area contributed by atoms with E-state index in [1.165, 1.54) is 10.9 Å². The van der Waals surface area contributed by atoms with Gasteiger partial charge < -0.3 is 9.64 Å². The highest BCUT2D eigenvalue weighted by atomic mass is 32.2. The average Bonchev–Trinajstić information content (AvgIpc) is 2.92. The van der Waals surface area contributed by atoms with E-state index in [-0.39, 0.29) is 12.1 Å². The van der Waals surface area contributed by atoms with E-state index >= 15 is 0 Å². The molecule has 0 amide bonds. The van der Waals surface area contributed by atoms with Crippen LogP contribution in [0.1, 0.15) is 13.0 Å². The predicted molar refractivity (Wildman–Crippen MR) is 143 cm³/mol. The molecule has 1 N–H and O–H groups in total. The summed E-state index contributed by atoms with van der Waals surface area (Å²) in [4.78, 5) is 29.6. The Kier molecular flexibility index (Phi) is 7.00. The van der Waals surface area contributed by atoms with E-state index < -0.39 is 16.1 Å². The quantitative estimate of drug-likeness (QED) is 0.395. The average molecular weight is 521 g/mol. The maximum Gasteiger partial charge on any atom is 0.261 e. The Morgan fingerprint density at radius 1 is 1.11 bits per heavy atom. The summed E-state index contributed by atoms with van der Waals surface area (Å²) in [5, 5.41) is 0.398. The summed E-state index contributed by atoms with van der Waals surface area (Å²) in [6, 6.07) is 13.1. The van der Waals surface area contributed by atoms with Crippen LogP contribution >= 0.6 is 0 Å². The van der Waals surface area contributed by atoms with Crippen molar-refractivity contribution in [2.24, 2.45) is 0 Å². The topological polar surface area (TPSA) is 119 Å². The molecule has 1 fully saturated rings. The summed E-state index contributed by atoms with van der Waals surface area (Å²) >= 11 is 0. The van der Waals surface area contributed by atoms with Gasteiger partial charge in [-0.05, 0) is 37.3 Å². The van der Waals surface area contributed by atoms with Crippen LogP contribution in [0.2, 0.25) is 0 Å². The molecule has 10 nitrogen and oxygen atoms in total. The Morgan fingerprint density at radius 2 is 1.86 bits per heavy atom. The molecule has 11 heteroatoms. The minimum atomic E-state index is -3.39. The summed E-state index contributed by atoms with van der Waals surface area (Å²) in [6.07, 6.45) is 5.90. The number of ether oxygens (including phenoxy) is 1. The number of nitrogens with one attached hydrogen (secondary N) is 1. The number of pyridine rings is 2. The van der Waals surface area contributed by atoms with Crippen molar-refractivity contribution in [3.05, 3.63) is 71.5 Å². The van der Waals surface area contributed by atoms with Crippen molar-refractivity contribution in [3.8, 4) is 22.5 Å². The van der Waals surface area contributed by atoms with Gasteiger partial charge >= 0.3 is 0 Å². The Bertz CT molecular complexity index is 1570. The molecule has 4 aromatic rings. The number of morpholine rings is 1. The van der Waals surface area contributed by atoms with Crippen molar-refractivity contribution < 1.29 is 13.2 Å². The predicted octanol–water partition coefficient (Wildman–Crippen LogP) is 2.47. The first-order valence-electron chi connectivity index (χ1n) is 12.0. The minimum absolute atomic E-state index is 0.0718. The van der Waals surface area contributed by atoms with E-state index in [1.54, 1.807) is 25.4 Å². The number of rotatable bonds is 7. The molecule has 0 aliphatic carbocycles. The molecule has 1 unspecified atom stereocenters. The highest BCUT2D eigenvalue weighted by Gasteiger charge is 2.18. The van der Waals surface area contributed by atoms with Crippen molar-refractivity contribution in [2.45, 2.75) is 13.0 Å². The van der Waals surface area contributed by atoms with Crippen molar-refractivity contribution in [1.82, 2.24) is 24.2 Å². The number of hydrogen-bond acceptors (Lipinski definition) is 8. The molecule has 1 aliphatic heterocycles. The molecule has 3 aromatic heterocycles. The first kappa shape index (κ1) is 25.0. The molecule has 0 saturated carbocycles. The standard InChI is InChI=1S/C26H28N6O4S/c1-18(15-29-37(2,34)35)32-17-28-25-22(26(32)33)14-23(30-24(25)20-4-3-9-27-16-20)19-5-7-21(8-6-19)31-10-12-36-13-11-31/h3-9,14,16-18,29H,10-13,15H2,1-2H3. The van der Waals surface area contributed by atoms with Crippen molar-refractivity contribution in [3.63, 3.8) is 0 Å². The Morgan fingerprint density at radius 3 is 2.54 bits per heavy atom. The zero-order valence-electron chi connectivity index (χ0n) is 20.7. The van der Waals surface area contributed by atoms with Gasteiger partial charge in [-0.25, -0.2) is 23.1 Å². The largest absolute Gasteiger partial charge is 0.378 e. The molecule has 0 bridgehead atoms. The van der Waals surface area contributed by atoms with Crippen molar-refractivity contribution in [1.29, 1.82) is 0 Å². The first-order valence-corrected chi connectivity index (χ1v) is 13.9. The second-order valence-electron chi connectivity index (χ2n) is 9.07. The molecule has 1 aliphatic rings. The second-order valence-corrected chi connectivity index (χ2v) is 10.9. The summed E-state index contributed by atoms with van der Waals surface area (Å²) in [6.45, 7) is 4.94. The molecule has 1 aromatic carbocycles. The third-order valence-electron chi connectivity index (χ3n) is 6.36. The summed E-state index contributed by atoms with van der Waals surface area (Å²) in [7, 11) is -3.39. The van der Waals surface area contributed by atoms with Gasteiger partial charge in [-0.15, -0.1) is 0 Å². The highest BCUT2D eigenvalue weighted by Crippen LogP contribution is 2.29. The molecule has 1 saturated heterocycles. The van der Waals surface area contributed by atoms with Gasteiger partial charge in [0.2, 0.25) is 10.0 Å². The van der Waals surface area contributed by atoms with Crippen LogP contribution in [0.4, 0.5) is 5.69 Å². The van der Waals surface area contributed by atoms with Crippen molar-refractivity contribution in [2.75, 3.05) is 44.0 Å². The number of fused-ring (bicyclic) bond motifs is 1. The summed E-state index contributed by atoms with van der Waals surface area (Å²) in [5.41, 5.74) is 4.11. The third-order valence-corrected chi connectivity index (χ3v) is 7.05. The number of sulfonamides is 1. The van der Waals surface area contributed by atoms with E-state index in [0.29, 0.717) is 35.5 Å². The van der Waals surface area contributed by atoms with Crippen LogP contribution in [0.25, 0.3) is 33.4 Å². The van der Waals surface area contributed by atoms with Gasteiger partial charge in [0, 0.05) is 54.9 Å². The van der Waals surface area contributed by atoms with Gasteiger partial charge in [-0.3, -0.25) is 14.3 Å². The lowest BCUT2D eigenvalue weighted by atomic mass is 10.0. The van der Waals surface area contributed by atoms with Crippen LogP contribution in [-0.2, 0) is 14.8 Å². The normalized spacial score (nSPS) is 15.1. The Balaban J connectivity index is 1.60. The molecule has 0 spiro atoms. The fraction of sp³-hybridized carbons (Fsp3) is 0.308. The summed E-state index contributed by atoms with van der Waals surface area (Å²) < 4.78 is 32.5. The van der Waals surface area contributed by atoms with E-state index in [0.717, 1.165) is 36.2 Å². The van der Waals surface area contributed by atoms with E-state index in [4.69, 9.17) is 9.72 Å². The fourth-order valence-electron chi connectivity index (χ4n) is 4.34. The molecule has 5 rings (SSSR count). The fourth-order valence-corrected chi connectivity index (χ4v) is 4.89. The number of nitrogens with zero attached hydrogens (tertiary/aromatic N) is 5. The molecule has 37 heavy (non-hydrogen) atoms. The van der Waals surface area contributed by atoms with Gasteiger partial charge in [-0.1, -0.05) is 12.1 Å². The van der Waals surface area contributed by atoms with Gasteiger partial charge in [-0.2, -0.15) is 0 Å². The monoisotopic (exact) mass is 520 g/mol. The van der Waals surface area contributed by atoms with Gasteiger partial charge in [0.15, 0.2) is 0 Å². The van der Waals surface area contributed by atoms with E-state index in [1.807, 2.05) is 24.3 Å². The van der Waals surface area contributed by atoms with Crippen molar-refractivity contribution >= 4 is 26.6 Å². The maximum absolute atomic E-state index is 13.6. The lowest BCUT2D eigenvalue weighted by molar-refractivity contribution is 0.122. The summed E-state index contributed by atoms with van der Waals surface area (Å²) in [5.74, 6) is 0. The molecule has 4 heterocycles. The Labute approximate surface area is 215 Å². The Hall–Kier alpha value is -3.67. The molecular weight excluding hydrogens is 492 g/mol. The number of hydrogen-bond donors (Lipinski definition) is 1. The van der Waals surface area contributed by atoms with Crippen LogP contribution in [0.5, 0.6) is 0 Å². The molecular formula is C26H28N6O4S. The molecule has 0 radical (unpaired) electrons. The van der Waals surface area contributed by atoms with Gasteiger partial charge in [0.25, 0.3) is 5.56 Å². The smallest absolute Gasteiger partial charge is 0.261 e. The van der Waals surface area contributed by atoms with E-state index in [2.05, 4.69) is 31.7 Å². The van der Waals surface area contributed by atoms with Gasteiger partial charge in [0.1, 0.15) is 5.52 Å². The molecule has 192 valence electrons. The minimum Gasteiger partial charge on any atom is -0.378 e. The zero-order chi connectivity index (χ0) is 26.0. The molecule has 1 atom stereocenters. The number of aromatic nitrogens is 4. The van der Waals surface area contributed by atoms with E-state index in [9.17, 15) is 13.2 Å². The van der Waals surface area contributed by atoms with Gasteiger partial charge in [0.05, 0.1) is 42.6 Å². The number of anilines is 1. The van der Waals surface area contributed by atoms with Crippen LogP contribution in [0.3, 0.4) is 0 Å². The lowest BCUT2D eigenvalue weighted by Gasteiger charge is -2.28. The van der Waals surface area contributed by atoms with Crippen LogP contribution in [0.15, 0.2) is 66.0 Å². The maximum atomic E-state index is 13.6. The van der Waals surface area contributed by atoms with Crippen LogP contribution in [-0.4, -0.2) is 67.0 Å². The highest BCUT2D eigenvalue weighted by molar-refractivity contribution is 7.88. The SMILES string of the molecule is CC(CNS(C)(=O)=O)n1cnc2c(-c3cccnc3)nc(-c3ccc(N4CCOCC4)cc3)cc2c1=O. The van der Waals surface area contributed by atoms with Crippen LogP contribution in [0, 0.1) is 0 Å². The van der Waals surface area contributed by atoms with Crippen LogP contribution < -0.4 is 15.2 Å². The number of benzene rings is 1. The zero-order valence-corrected chi connectivity index (χ0v) is 21.5. The lowest BCUT2D eigenvalue weighted by Crippen LogP contribution is -2.36. The third kappa shape index (κ3) is 5.53.